The molecule has 1 heterocycles. The first-order chi connectivity index (χ1) is 8.24. The summed E-state index contributed by atoms with van der Waals surface area (Å²) in [6.07, 6.45) is 0. The van der Waals surface area contributed by atoms with Gasteiger partial charge in [-0.2, -0.15) is 0 Å². The van der Waals surface area contributed by atoms with E-state index in [0.29, 0.717) is 5.02 Å². The fourth-order valence-electron chi connectivity index (χ4n) is 1.66. The maximum absolute atomic E-state index is 6.12. The molecule has 1 nitrogen and oxygen atoms in total. The van der Waals surface area contributed by atoms with Gasteiger partial charge in [0.05, 0.1) is 9.72 Å². The quantitative estimate of drug-likeness (QED) is 0.585. The zero-order valence-corrected chi connectivity index (χ0v) is 11.8. The Kier molecular flexibility index (Phi) is 2.90. The molecule has 0 saturated heterocycles. The number of hydrogen-bond donors (Lipinski definition) is 0. The van der Waals surface area contributed by atoms with E-state index in [2.05, 4.69) is 33.0 Å². The SMILES string of the molecule is Clc1cccc2sc(-c3cccc(Br)c3)nc12. The first kappa shape index (κ1) is 11.2. The van der Waals surface area contributed by atoms with Crippen LogP contribution in [0.4, 0.5) is 0 Å². The molecule has 0 spiro atoms. The zero-order chi connectivity index (χ0) is 11.8. The van der Waals surface area contributed by atoms with Crippen LogP contribution in [0.5, 0.6) is 0 Å². The third-order valence-electron chi connectivity index (χ3n) is 2.44. The molecule has 3 aromatic rings. The monoisotopic (exact) mass is 323 g/mol. The number of benzene rings is 2. The highest BCUT2D eigenvalue weighted by Gasteiger charge is 2.08. The summed E-state index contributed by atoms with van der Waals surface area (Å²) in [7, 11) is 0. The Bertz CT molecular complexity index is 693. The zero-order valence-electron chi connectivity index (χ0n) is 8.65. The van der Waals surface area contributed by atoms with Crippen LogP contribution in [0.15, 0.2) is 46.9 Å². The standard InChI is InChI=1S/C13H7BrClNS/c14-9-4-1-3-8(7-9)13-16-12-10(15)5-2-6-11(12)17-13/h1-7H. The van der Waals surface area contributed by atoms with E-state index in [1.165, 1.54) is 0 Å². The minimum atomic E-state index is 0.708. The van der Waals surface area contributed by atoms with Crippen LogP contribution in [-0.4, -0.2) is 4.98 Å². The van der Waals surface area contributed by atoms with Gasteiger partial charge < -0.3 is 0 Å². The molecule has 17 heavy (non-hydrogen) atoms. The second-order valence-electron chi connectivity index (χ2n) is 3.62. The second kappa shape index (κ2) is 4.41. The molecule has 4 heteroatoms. The van der Waals surface area contributed by atoms with Gasteiger partial charge in [0.2, 0.25) is 0 Å². The highest BCUT2D eigenvalue weighted by molar-refractivity contribution is 9.10. The summed E-state index contributed by atoms with van der Waals surface area (Å²) in [5, 5.41) is 1.70. The summed E-state index contributed by atoms with van der Waals surface area (Å²) in [4.78, 5) is 4.59. The Labute approximate surface area is 116 Å². The molecule has 0 N–H and O–H groups in total. The van der Waals surface area contributed by atoms with Crippen molar-refractivity contribution < 1.29 is 0 Å². The molecule has 0 radical (unpaired) electrons. The van der Waals surface area contributed by atoms with Gasteiger partial charge in [0.25, 0.3) is 0 Å². The Morgan fingerprint density at radius 3 is 2.71 bits per heavy atom. The largest absolute Gasteiger partial charge is 0.234 e. The summed E-state index contributed by atoms with van der Waals surface area (Å²) in [6.45, 7) is 0. The lowest BCUT2D eigenvalue weighted by atomic mass is 10.2. The molecule has 3 rings (SSSR count). The molecule has 0 fully saturated rings. The second-order valence-corrected chi connectivity index (χ2v) is 5.97. The minimum Gasteiger partial charge on any atom is -0.234 e. The molecule has 0 aliphatic carbocycles. The normalized spacial score (nSPS) is 10.9. The smallest absolute Gasteiger partial charge is 0.124 e. The highest BCUT2D eigenvalue weighted by Crippen LogP contribution is 2.34. The number of para-hydroxylation sites is 1. The third-order valence-corrected chi connectivity index (χ3v) is 4.31. The lowest BCUT2D eigenvalue weighted by Crippen LogP contribution is -1.75. The summed E-state index contributed by atoms with van der Waals surface area (Å²) in [6, 6.07) is 14.0. The molecule has 1 aromatic heterocycles. The van der Waals surface area contributed by atoms with E-state index in [0.717, 1.165) is 25.3 Å². The number of nitrogens with zero attached hydrogens (tertiary/aromatic N) is 1. The summed E-state index contributed by atoms with van der Waals surface area (Å²) >= 11 is 11.2. The average molecular weight is 325 g/mol. The highest BCUT2D eigenvalue weighted by atomic mass is 79.9. The average Bonchev–Trinajstić information content (AvgIpc) is 2.74. The van der Waals surface area contributed by atoms with E-state index in [-0.39, 0.29) is 0 Å². The van der Waals surface area contributed by atoms with Crippen LogP contribution in [0.3, 0.4) is 0 Å². The molecular formula is C13H7BrClNS. The number of thiazole rings is 1. The minimum absolute atomic E-state index is 0.708. The maximum Gasteiger partial charge on any atom is 0.124 e. The molecule has 0 atom stereocenters. The predicted octanol–water partition coefficient (Wildman–Crippen LogP) is 5.38. The Balaban J connectivity index is 2.22. The molecule has 2 aromatic carbocycles. The van der Waals surface area contributed by atoms with Crippen molar-refractivity contribution in [2.45, 2.75) is 0 Å². The van der Waals surface area contributed by atoms with Crippen molar-refractivity contribution in [3.05, 3.63) is 52.0 Å². The van der Waals surface area contributed by atoms with Crippen LogP contribution in [-0.2, 0) is 0 Å². The maximum atomic E-state index is 6.12. The van der Waals surface area contributed by atoms with Crippen LogP contribution in [0.1, 0.15) is 0 Å². The number of aromatic nitrogens is 1. The van der Waals surface area contributed by atoms with Crippen LogP contribution < -0.4 is 0 Å². The van der Waals surface area contributed by atoms with Gasteiger partial charge in [0.15, 0.2) is 0 Å². The van der Waals surface area contributed by atoms with Gasteiger partial charge in [0.1, 0.15) is 10.5 Å². The van der Waals surface area contributed by atoms with Crippen molar-refractivity contribution in [2.75, 3.05) is 0 Å². The van der Waals surface area contributed by atoms with Crippen molar-refractivity contribution in [1.29, 1.82) is 0 Å². The van der Waals surface area contributed by atoms with Crippen LogP contribution in [0.25, 0.3) is 20.8 Å². The van der Waals surface area contributed by atoms with Gasteiger partial charge in [-0.1, -0.05) is 45.7 Å². The van der Waals surface area contributed by atoms with E-state index >= 15 is 0 Å². The van der Waals surface area contributed by atoms with Crippen molar-refractivity contribution in [3.63, 3.8) is 0 Å². The van der Waals surface area contributed by atoms with E-state index < -0.39 is 0 Å². The summed E-state index contributed by atoms with van der Waals surface area (Å²) in [5.74, 6) is 0. The lowest BCUT2D eigenvalue weighted by Gasteiger charge is -1.95. The fourth-order valence-corrected chi connectivity index (χ4v) is 3.32. The fraction of sp³-hybridized carbons (Fsp3) is 0. The number of halogens is 2. The van der Waals surface area contributed by atoms with Gasteiger partial charge in [0, 0.05) is 10.0 Å². The first-order valence-corrected chi connectivity index (χ1v) is 7.04. The van der Waals surface area contributed by atoms with Gasteiger partial charge in [-0.25, -0.2) is 4.98 Å². The van der Waals surface area contributed by atoms with Gasteiger partial charge in [-0.15, -0.1) is 11.3 Å². The first-order valence-electron chi connectivity index (χ1n) is 5.05. The molecule has 0 saturated carbocycles. The predicted molar refractivity (Wildman–Crippen MR) is 77.8 cm³/mol. The molecule has 84 valence electrons. The molecule has 0 bridgehead atoms. The number of rotatable bonds is 1. The number of hydrogen-bond acceptors (Lipinski definition) is 2. The summed E-state index contributed by atoms with van der Waals surface area (Å²) < 4.78 is 2.17. The topological polar surface area (TPSA) is 12.9 Å². The molecule has 0 aliphatic heterocycles. The van der Waals surface area contributed by atoms with E-state index in [1.54, 1.807) is 11.3 Å². The lowest BCUT2D eigenvalue weighted by molar-refractivity contribution is 1.47. The third kappa shape index (κ3) is 2.10. The summed E-state index contributed by atoms with van der Waals surface area (Å²) in [5.41, 5.74) is 1.99. The number of fused-ring (bicyclic) bond motifs is 1. The Morgan fingerprint density at radius 1 is 1.12 bits per heavy atom. The van der Waals surface area contributed by atoms with E-state index in [1.807, 2.05) is 30.3 Å². The molecular weight excluding hydrogens is 318 g/mol. The Hall–Kier alpha value is -0.900. The van der Waals surface area contributed by atoms with Crippen LogP contribution in [0.2, 0.25) is 5.02 Å². The van der Waals surface area contributed by atoms with Gasteiger partial charge in [-0.3, -0.25) is 0 Å². The van der Waals surface area contributed by atoms with Crippen molar-refractivity contribution in [1.82, 2.24) is 4.98 Å². The molecule has 0 aliphatic rings. The van der Waals surface area contributed by atoms with Crippen molar-refractivity contribution >= 4 is 49.1 Å². The van der Waals surface area contributed by atoms with Crippen LogP contribution in [0, 0.1) is 0 Å². The Morgan fingerprint density at radius 2 is 1.94 bits per heavy atom. The van der Waals surface area contributed by atoms with E-state index in [4.69, 9.17) is 11.6 Å². The van der Waals surface area contributed by atoms with Crippen molar-refractivity contribution in [2.24, 2.45) is 0 Å². The molecule has 0 unspecified atom stereocenters. The van der Waals surface area contributed by atoms with Crippen molar-refractivity contribution in [3.8, 4) is 10.6 Å². The molecule has 0 amide bonds. The van der Waals surface area contributed by atoms with E-state index in [9.17, 15) is 0 Å². The van der Waals surface area contributed by atoms with Crippen LogP contribution >= 0.6 is 38.9 Å². The van der Waals surface area contributed by atoms with Gasteiger partial charge >= 0.3 is 0 Å². The van der Waals surface area contributed by atoms with Gasteiger partial charge in [-0.05, 0) is 24.3 Å².